The molecular formula is C33H30ClFN6O3. The third-order valence-electron chi connectivity index (χ3n) is 7.75. The number of fused-ring (bicyclic) bond motifs is 1. The van der Waals surface area contributed by atoms with Crippen LogP contribution in [0.25, 0.3) is 16.5 Å². The molecule has 4 aromatic rings. The fourth-order valence-corrected chi connectivity index (χ4v) is 5.74. The number of aromatic nitrogens is 3. The third kappa shape index (κ3) is 6.12. The summed E-state index contributed by atoms with van der Waals surface area (Å²) in [7, 11) is 0. The molecule has 2 aliphatic carbocycles. The molecule has 1 fully saturated rings. The molecule has 0 saturated heterocycles. The van der Waals surface area contributed by atoms with Gasteiger partial charge < -0.3 is 20.1 Å². The summed E-state index contributed by atoms with van der Waals surface area (Å²) >= 11 is 6.38. The van der Waals surface area contributed by atoms with Crippen LogP contribution in [0.3, 0.4) is 0 Å². The Balaban J connectivity index is 1.17. The summed E-state index contributed by atoms with van der Waals surface area (Å²) in [5.74, 6) is -0.931. The van der Waals surface area contributed by atoms with Gasteiger partial charge in [-0.1, -0.05) is 60.2 Å². The lowest BCUT2D eigenvalue weighted by atomic mass is 9.91. The van der Waals surface area contributed by atoms with Gasteiger partial charge in [-0.15, -0.1) is 0 Å². The largest absolute Gasteiger partial charge is 0.353 e. The molecule has 2 aliphatic rings. The van der Waals surface area contributed by atoms with Gasteiger partial charge in [0.2, 0.25) is 16.9 Å². The van der Waals surface area contributed by atoms with Crippen LogP contribution in [0.5, 0.6) is 0 Å². The number of ketones is 1. The Labute approximate surface area is 258 Å². The van der Waals surface area contributed by atoms with Crippen molar-refractivity contribution in [2.24, 2.45) is 0 Å². The second-order valence-corrected chi connectivity index (χ2v) is 11.5. The van der Waals surface area contributed by atoms with E-state index < -0.39 is 17.1 Å². The molecule has 0 aliphatic heterocycles. The highest BCUT2D eigenvalue weighted by Gasteiger charge is 2.43. The lowest BCUT2D eigenvalue weighted by Crippen LogP contribution is -2.51. The Bertz CT molecular complexity index is 1780. The number of carbonyl (C=O) groups is 3. The number of hydrogen-bond donors (Lipinski definition) is 2. The van der Waals surface area contributed by atoms with E-state index in [1.807, 2.05) is 24.3 Å². The lowest BCUT2D eigenvalue weighted by molar-refractivity contribution is -0.137. The SMILES string of the molecule is CC(=O)c1cn(CC(=O)N(CC(=O)NC2C=CC=C(c3ccccc3)C2(F)Cl)C2CC2)c2ccc(Nc3cncnc3)cc12. The summed E-state index contributed by atoms with van der Waals surface area (Å²) in [5.41, 5.74) is 3.47. The monoisotopic (exact) mass is 612 g/mol. The highest BCUT2D eigenvalue weighted by Crippen LogP contribution is 2.40. The van der Waals surface area contributed by atoms with Crippen LogP contribution in [0.15, 0.2) is 91.7 Å². The Kier molecular flexibility index (Phi) is 8.01. The zero-order valence-electron chi connectivity index (χ0n) is 23.9. The van der Waals surface area contributed by atoms with Crippen LogP contribution in [-0.2, 0) is 16.1 Å². The lowest BCUT2D eigenvalue weighted by Gasteiger charge is -2.32. The minimum absolute atomic E-state index is 0.0698. The number of anilines is 2. The molecule has 44 heavy (non-hydrogen) atoms. The van der Waals surface area contributed by atoms with Gasteiger partial charge >= 0.3 is 0 Å². The Morgan fingerprint density at radius 1 is 1.09 bits per heavy atom. The molecule has 0 spiro atoms. The predicted molar refractivity (Wildman–Crippen MR) is 167 cm³/mol. The van der Waals surface area contributed by atoms with E-state index in [0.717, 1.165) is 18.5 Å². The molecule has 11 heteroatoms. The Morgan fingerprint density at radius 2 is 1.84 bits per heavy atom. The number of rotatable bonds is 10. The van der Waals surface area contributed by atoms with Crippen molar-refractivity contribution in [1.82, 2.24) is 24.8 Å². The van der Waals surface area contributed by atoms with Gasteiger partial charge in [-0.25, -0.2) is 14.4 Å². The van der Waals surface area contributed by atoms with E-state index in [4.69, 9.17) is 11.6 Å². The van der Waals surface area contributed by atoms with Crippen molar-refractivity contribution in [3.05, 3.63) is 103 Å². The molecule has 2 unspecified atom stereocenters. The number of nitrogens with one attached hydrogen (secondary N) is 2. The predicted octanol–water partition coefficient (Wildman–Crippen LogP) is 5.41. The van der Waals surface area contributed by atoms with Crippen LogP contribution >= 0.6 is 11.6 Å². The van der Waals surface area contributed by atoms with Gasteiger partial charge in [0.1, 0.15) is 18.9 Å². The second kappa shape index (κ2) is 12.0. The summed E-state index contributed by atoms with van der Waals surface area (Å²) in [6, 6.07) is 13.2. The zero-order chi connectivity index (χ0) is 30.8. The molecule has 2 aromatic carbocycles. The average Bonchev–Trinajstić information content (AvgIpc) is 3.79. The van der Waals surface area contributed by atoms with Crippen LogP contribution in [0.1, 0.15) is 35.7 Å². The fraction of sp³-hybridized carbons (Fsp3) is 0.242. The highest BCUT2D eigenvalue weighted by atomic mass is 35.5. The standard InChI is InChI=1S/C33H30ClFN6O3/c1-21(42)27-17-40(29-13-10-23(14-26(27)29)38-24-15-36-20-37-16-24)19-32(44)41(25-11-12-25)18-31(43)39-30-9-5-8-28(33(30,34)35)22-6-3-2-4-7-22/h2-10,13-17,20,25,30,38H,11-12,18-19H2,1H3,(H,39,43). The number of Topliss-reactive ketones (excluding diaryl/α,β-unsaturated/α-hetero) is 1. The first kappa shape index (κ1) is 29.3. The quantitative estimate of drug-likeness (QED) is 0.183. The molecule has 2 atom stereocenters. The molecule has 6 rings (SSSR count). The summed E-state index contributed by atoms with van der Waals surface area (Å²) in [4.78, 5) is 48.9. The maximum atomic E-state index is 15.9. The normalized spacial score (nSPS) is 19.3. The number of nitrogens with zero attached hydrogens (tertiary/aromatic N) is 4. The first-order valence-electron chi connectivity index (χ1n) is 14.3. The summed E-state index contributed by atoms with van der Waals surface area (Å²) in [5, 5.41) is 4.22. The van der Waals surface area contributed by atoms with Crippen molar-refractivity contribution < 1.29 is 18.8 Å². The molecule has 0 bridgehead atoms. The van der Waals surface area contributed by atoms with E-state index in [-0.39, 0.29) is 36.4 Å². The smallest absolute Gasteiger partial charge is 0.243 e. The van der Waals surface area contributed by atoms with Gasteiger partial charge in [-0.05, 0) is 43.5 Å². The van der Waals surface area contributed by atoms with Crippen LogP contribution in [0.2, 0.25) is 0 Å². The number of alkyl halides is 2. The highest BCUT2D eigenvalue weighted by molar-refractivity contribution is 6.30. The summed E-state index contributed by atoms with van der Waals surface area (Å²) in [6.07, 6.45) is 12.7. The second-order valence-electron chi connectivity index (χ2n) is 11.0. The van der Waals surface area contributed by atoms with Crippen LogP contribution < -0.4 is 10.6 Å². The molecular weight excluding hydrogens is 583 g/mol. The molecule has 2 aromatic heterocycles. The van der Waals surface area contributed by atoms with Crippen molar-refractivity contribution in [1.29, 1.82) is 0 Å². The molecule has 9 nitrogen and oxygen atoms in total. The summed E-state index contributed by atoms with van der Waals surface area (Å²) in [6.45, 7) is 1.17. The van der Waals surface area contributed by atoms with Gasteiger partial charge in [0, 0.05) is 40.0 Å². The minimum Gasteiger partial charge on any atom is -0.353 e. The number of allylic oxidation sites excluding steroid dienone is 2. The van der Waals surface area contributed by atoms with E-state index in [1.54, 1.807) is 59.6 Å². The van der Waals surface area contributed by atoms with E-state index in [9.17, 15) is 14.4 Å². The first-order chi connectivity index (χ1) is 21.2. The topological polar surface area (TPSA) is 109 Å². The van der Waals surface area contributed by atoms with Gasteiger partial charge in [-0.2, -0.15) is 0 Å². The molecule has 2 amide bonds. The fourth-order valence-electron chi connectivity index (χ4n) is 5.44. The van der Waals surface area contributed by atoms with E-state index >= 15 is 4.39 Å². The minimum atomic E-state index is -2.37. The van der Waals surface area contributed by atoms with E-state index in [1.165, 1.54) is 24.2 Å². The van der Waals surface area contributed by atoms with Crippen molar-refractivity contribution in [3.8, 4) is 0 Å². The number of carbonyl (C=O) groups excluding carboxylic acids is 3. The number of amides is 2. The van der Waals surface area contributed by atoms with E-state index in [0.29, 0.717) is 27.7 Å². The van der Waals surface area contributed by atoms with Crippen LogP contribution in [0.4, 0.5) is 15.8 Å². The molecule has 224 valence electrons. The number of hydrogen-bond acceptors (Lipinski definition) is 6. The van der Waals surface area contributed by atoms with Crippen molar-refractivity contribution in [2.75, 3.05) is 11.9 Å². The molecule has 1 saturated carbocycles. The average molecular weight is 613 g/mol. The maximum absolute atomic E-state index is 15.9. The molecule has 2 heterocycles. The van der Waals surface area contributed by atoms with Crippen LogP contribution in [-0.4, -0.2) is 60.8 Å². The first-order valence-corrected chi connectivity index (χ1v) is 14.7. The third-order valence-corrected chi connectivity index (χ3v) is 8.19. The Hall–Kier alpha value is -4.83. The van der Waals surface area contributed by atoms with Gasteiger partial charge in [-0.3, -0.25) is 14.4 Å². The van der Waals surface area contributed by atoms with Crippen molar-refractivity contribution in [2.45, 2.75) is 43.5 Å². The van der Waals surface area contributed by atoms with Gasteiger partial charge in [0.05, 0.1) is 24.6 Å². The van der Waals surface area contributed by atoms with Crippen LogP contribution in [0, 0.1) is 0 Å². The molecule has 0 radical (unpaired) electrons. The van der Waals surface area contributed by atoms with Crippen molar-refractivity contribution in [3.63, 3.8) is 0 Å². The maximum Gasteiger partial charge on any atom is 0.243 e. The van der Waals surface area contributed by atoms with Gasteiger partial charge in [0.25, 0.3) is 0 Å². The number of benzene rings is 2. The van der Waals surface area contributed by atoms with Gasteiger partial charge in [0.15, 0.2) is 5.78 Å². The van der Waals surface area contributed by atoms with E-state index in [2.05, 4.69) is 20.6 Å². The summed E-state index contributed by atoms with van der Waals surface area (Å²) < 4.78 is 17.6. The van der Waals surface area contributed by atoms with Crippen molar-refractivity contribution >= 4 is 57.0 Å². The number of halogens is 2. The zero-order valence-corrected chi connectivity index (χ0v) is 24.7. The Morgan fingerprint density at radius 3 is 2.55 bits per heavy atom. The molecule has 2 N–H and O–H groups in total.